The lowest BCUT2D eigenvalue weighted by Gasteiger charge is -2.14. The molecule has 0 bridgehead atoms. The zero-order valence-corrected chi connectivity index (χ0v) is 13.2. The van der Waals surface area contributed by atoms with E-state index in [-0.39, 0.29) is 0 Å². The number of guanidine groups is 1. The first-order valence-corrected chi connectivity index (χ1v) is 6.98. The summed E-state index contributed by atoms with van der Waals surface area (Å²) in [5.41, 5.74) is 1.09. The first kappa shape index (κ1) is 17.1. The molecule has 0 aromatic heterocycles. The second kappa shape index (κ2) is 9.88. The van der Waals surface area contributed by atoms with Crippen molar-refractivity contribution < 1.29 is 14.2 Å². The molecule has 0 spiro atoms. The standard InChI is InChI=1S/C15H25N3O3/c1-5-21-14-10-12(6-7-13(14)20-4)11-18-15(16-2)17-8-9-19-3/h6-7,10H,5,8-9,11H2,1-4H3,(H2,16,17,18). The highest BCUT2D eigenvalue weighted by atomic mass is 16.5. The fourth-order valence-corrected chi connectivity index (χ4v) is 1.78. The Morgan fingerprint density at radius 2 is 2.00 bits per heavy atom. The van der Waals surface area contributed by atoms with Crippen molar-refractivity contribution in [1.82, 2.24) is 10.6 Å². The second-order valence-electron chi connectivity index (χ2n) is 4.26. The van der Waals surface area contributed by atoms with Gasteiger partial charge >= 0.3 is 0 Å². The van der Waals surface area contributed by atoms with Crippen LogP contribution in [0, 0.1) is 0 Å². The topological polar surface area (TPSA) is 64.1 Å². The van der Waals surface area contributed by atoms with Gasteiger partial charge in [-0.1, -0.05) is 6.07 Å². The minimum absolute atomic E-state index is 0.605. The molecule has 0 atom stereocenters. The highest BCUT2D eigenvalue weighted by molar-refractivity contribution is 5.79. The molecule has 0 unspecified atom stereocenters. The highest BCUT2D eigenvalue weighted by Crippen LogP contribution is 2.27. The zero-order chi connectivity index (χ0) is 15.5. The molecular weight excluding hydrogens is 270 g/mol. The Bertz CT molecular complexity index is 450. The van der Waals surface area contributed by atoms with Crippen molar-refractivity contribution in [2.75, 3.05) is 41.0 Å². The van der Waals surface area contributed by atoms with Gasteiger partial charge in [-0.05, 0) is 24.6 Å². The lowest BCUT2D eigenvalue weighted by Crippen LogP contribution is -2.38. The molecule has 1 rings (SSSR count). The Balaban J connectivity index is 2.59. The molecule has 0 amide bonds. The van der Waals surface area contributed by atoms with Gasteiger partial charge < -0.3 is 24.8 Å². The molecule has 0 heterocycles. The molecule has 6 nitrogen and oxygen atoms in total. The lowest BCUT2D eigenvalue weighted by molar-refractivity contribution is 0.203. The van der Waals surface area contributed by atoms with Gasteiger partial charge in [-0.15, -0.1) is 0 Å². The largest absolute Gasteiger partial charge is 0.493 e. The molecule has 0 aliphatic rings. The summed E-state index contributed by atoms with van der Waals surface area (Å²) in [5, 5.41) is 6.40. The van der Waals surface area contributed by atoms with Gasteiger partial charge in [-0.3, -0.25) is 4.99 Å². The molecule has 0 saturated heterocycles. The van der Waals surface area contributed by atoms with Crippen molar-refractivity contribution in [2.24, 2.45) is 4.99 Å². The molecule has 6 heteroatoms. The number of hydrogen-bond donors (Lipinski definition) is 2. The van der Waals surface area contributed by atoms with E-state index in [9.17, 15) is 0 Å². The second-order valence-corrected chi connectivity index (χ2v) is 4.26. The van der Waals surface area contributed by atoms with Crippen molar-refractivity contribution in [3.63, 3.8) is 0 Å². The monoisotopic (exact) mass is 295 g/mol. The summed E-state index contributed by atoms with van der Waals surface area (Å²) in [6, 6.07) is 5.87. The van der Waals surface area contributed by atoms with Crippen LogP contribution in [0.1, 0.15) is 12.5 Å². The van der Waals surface area contributed by atoms with E-state index in [1.165, 1.54) is 0 Å². The van der Waals surface area contributed by atoms with Crippen molar-refractivity contribution in [1.29, 1.82) is 0 Å². The van der Waals surface area contributed by atoms with Crippen molar-refractivity contribution in [2.45, 2.75) is 13.5 Å². The number of aliphatic imine (C=N–C) groups is 1. The van der Waals surface area contributed by atoms with Crippen LogP contribution < -0.4 is 20.1 Å². The normalized spacial score (nSPS) is 11.1. The number of nitrogens with one attached hydrogen (secondary N) is 2. The van der Waals surface area contributed by atoms with Crippen LogP contribution in [0.3, 0.4) is 0 Å². The van der Waals surface area contributed by atoms with E-state index in [0.29, 0.717) is 26.3 Å². The minimum atomic E-state index is 0.605. The number of nitrogens with zero attached hydrogens (tertiary/aromatic N) is 1. The van der Waals surface area contributed by atoms with Crippen molar-refractivity contribution in [3.8, 4) is 11.5 Å². The molecule has 2 N–H and O–H groups in total. The maximum atomic E-state index is 5.57. The maximum Gasteiger partial charge on any atom is 0.191 e. The Morgan fingerprint density at radius 1 is 1.19 bits per heavy atom. The summed E-state index contributed by atoms with van der Waals surface area (Å²) in [5.74, 6) is 2.23. The fraction of sp³-hybridized carbons (Fsp3) is 0.533. The van der Waals surface area contributed by atoms with E-state index in [4.69, 9.17) is 14.2 Å². The predicted octanol–water partition coefficient (Wildman–Crippen LogP) is 1.41. The van der Waals surface area contributed by atoms with E-state index in [1.54, 1.807) is 21.3 Å². The van der Waals surface area contributed by atoms with Crippen LogP contribution in [0.4, 0.5) is 0 Å². The summed E-state index contributed by atoms with van der Waals surface area (Å²) in [6.07, 6.45) is 0. The summed E-state index contributed by atoms with van der Waals surface area (Å²) < 4.78 is 15.8. The lowest BCUT2D eigenvalue weighted by atomic mass is 10.2. The van der Waals surface area contributed by atoms with Crippen LogP contribution >= 0.6 is 0 Å². The van der Waals surface area contributed by atoms with Gasteiger partial charge in [0.1, 0.15) is 0 Å². The summed E-state index contributed by atoms with van der Waals surface area (Å²) in [6.45, 7) is 4.55. The van der Waals surface area contributed by atoms with Gasteiger partial charge in [0, 0.05) is 27.2 Å². The number of rotatable bonds is 8. The third kappa shape index (κ3) is 5.91. The highest BCUT2D eigenvalue weighted by Gasteiger charge is 2.06. The minimum Gasteiger partial charge on any atom is -0.493 e. The van der Waals surface area contributed by atoms with Crippen LogP contribution in [-0.2, 0) is 11.3 Å². The van der Waals surface area contributed by atoms with Crippen molar-refractivity contribution in [3.05, 3.63) is 23.8 Å². The molecule has 0 aliphatic carbocycles. The summed E-state index contributed by atoms with van der Waals surface area (Å²) in [7, 11) is 5.05. The van der Waals surface area contributed by atoms with Crippen molar-refractivity contribution >= 4 is 5.96 Å². The molecule has 0 aliphatic heterocycles. The third-order valence-corrected chi connectivity index (χ3v) is 2.81. The summed E-state index contributed by atoms with van der Waals surface area (Å²) >= 11 is 0. The molecule has 21 heavy (non-hydrogen) atoms. The Kier molecular flexibility index (Phi) is 8.04. The van der Waals surface area contributed by atoms with Crippen LogP contribution in [0.2, 0.25) is 0 Å². The maximum absolute atomic E-state index is 5.57. The van der Waals surface area contributed by atoms with Gasteiger partial charge in [-0.25, -0.2) is 0 Å². The SMILES string of the molecule is CCOc1cc(CNC(=NC)NCCOC)ccc1OC. The first-order chi connectivity index (χ1) is 10.2. The third-order valence-electron chi connectivity index (χ3n) is 2.81. The number of methoxy groups -OCH3 is 2. The molecule has 118 valence electrons. The number of ether oxygens (including phenoxy) is 3. The van der Waals surface area contributed by atoms with E-state index < -0.39 is 0 Å². The smallest absolute Gasteiger partial charge is 0.191 e. The van der Waals surface area contributed by atoms with Gasteiger partial charge in [0.15, 0.2) is 17.5 Å². The molecule has 0 fully saturated rings. The summed E-state index contributed by atoms with van der Waals surface area (Å²) in [4.78, 5) is 4.15. The van der Waals surface area contributed by atoms with Gasteiger partial charge in [0.2, 0.25) is 0 Å². The van der Waals surface area contributed by atoms with E-state index in [1.807, 2.05) is 25.1 Å². The molecule has 0 radical (unpaired) electrons. The quantitative estimate of drug-likeness (QED) is 0.431. The van der Waals surface area contributed by atoms with Gasteiger partial charge in [0.25, 0.3) is 0 Å². The van der Waals surface area contributed by atoms with Crippen LogP contribution in [0.25, 0.3) is 0 Å². The van der Waals surface area contributed by atoms with Gasteiger partial charge in [0.05, 0.1) is 20.3 Å². The van der Waals surface area contributed by atoms with Gasteiger partial charge in [-0.2, -0.15) is 0 Å². The Morgan fingerprint density at radius 3 is 2.62 bits per heavy atom. The molecule has 1 aromatic carbocycles. The average molecular weight is 295 g/mol. The molecule has 1 aromatic rings. The Labute approximate surface area is 126 Å². The zero-order valence-electron chi connectivity index (χ0n) is 13.2. The first-order valence-electron chi connectivity index (χ1n) is 6.98. The van der Waals surface area contributed by atoms with Crippen LogP contribution in [-0.4, -0.2) is 47.0 Å². The predicted molar refractivity (Wildman–Crippen MR) is 84.2 cm³/mol. The van der Waals surface area contributed by atoms with Crippen LogP contribution in [0.5, 0.6) is 11.5 Å². The average Bonchev–Trinajstić information content (AvgIpc) is 2.51. The van der Waals surface area contributed by atoms with E-state index in [2.05, 4.69) is 15.6 Å². The number of hydrogen-bond acceptors (Lipinski definition) is 4. The Hall–Kier alpha value is -1.95. The van der Waals surface area contributed by atoms with Crippen LogP contribution in [0.15, 0.2) is 23.2 Å². The molecular formula is C15H25N3O3. The fourth-order valence-electron chi connectivity index (χ4n) is 1.78. The molecule has 0 saturated carbocycles. The van der Waals surface area contributed by atoms with E-state index in [0.717, 1.165) is 23.0 Å². The number of benzene rings is 1. The van der Waals surface area contributed by atoms with E-state index >= 15 is 0 Å².